The highest BCUT2D eigenvalue weighted by molar-refractivity contribution is 5.89. The van der Waals surface area contributed by atoms with Gasteiger partial charge in [0.15, 0.2) is 11.6 Å². The first-order valence-corrected chi connectivity index (χ1v) is 8.00. The van der Waals surface area contributed by atoms with Crippen molar-refractivity contribution in [3.05, 3.63) is 68.3 Å². The van der Waals surface area contributed by atoms with E-state index in [0.717, 1.165) is 0 Å². The number of nitrogens with one attached hydrogen (secondary N) is 1. The molecule has 0 saturated carbocycles. The van der Waals surface area contributed by atoms with E-state index in [4.69, 9.17) is 9.47 Å². The maximum atomic E-state index is 12.2. The lowest BCUT2D eigenvalue weighted by atomic mass is 10.1. The minimum atomic E-state index is -0.610. The Morgan fingerprint density at radius 2 is 2.04 bits per heavy atom. The van der Waals surface area contributed by atoms with Gasteiger partial charge in [-0.1, -0.05) is 12.1 Å². The van der Waals surface area contributed by atoms with Crippen LogP contribution < -0.4 is 15.0 Å². The van der Waals surface area contributed by atoms with Crippen LogP contribution in [0, 0.1) is 21.4 Å². The molecule has 1 N–H and O–H groups in total. The van der Waals surface area contributed by atoms with Crippen LogP contribution in [0.3, 0.4) is 0 Å². The molecule has 0 fully saturated rings. The van der Waals surface area contributed by atoms with E-state index in [9.17, 15) is 20.2 Å². The highest BCUT2D eigenvalue weighted by Gasteiger charge is 2.21. The van der Waals surface area contributed by atoms with E-state index in [0.29, 0.717) is 16.5 Å². The minimum Gasteiger partial charge on any atom is -0.493 e. The van der Waals surface area contributed by atoms with E-state index >= 15 is 0 Å². The van der Waals surface area contributed by atoms with Crippen LogP contribution in [0.4, 0.5) is 5.69 Å². The number of hydrogen-bond donors (Lipinski definition) is 1. The van der Waals surface area contributed by atoms with Crippen molar-refractivity contribution in [3.63, 3.8) is 0 Å². The van der Waals surface area contributed by atoms with Crippen molar-refractivity contribution in [3.8, 4) is 17.6 Å². The summed E-state index contributed by atoms with van der Waals surface area (Å²) in [4.78, 5) is 29.8. The molecule has 0 aliphatic rings. The molecule has 9 heteroatoms. The molecule has 0 atom stereocenters. The second-order valence-electron chi connectivity index (χ2n) is 5.63. The average Bonchev–Trinajstić information content (AvgIpc) is 2.71. The van der Waals surface area contributed by atoms with Crippen LogP contribution in [0.1, 0.15) is 11.4 Å². The van der Waals surface area contributed by atoms with Gasteiger partial charge in [0.25, 0.3) is 5.56 Å². The molecule has 1 heterocycles. The predicted octanol–water partition coefficient (Wildman–Crippen LogP) is 2.91. The highest BCUT2D eigenvalue weighted by atomic mass is 16.6. The van der Waals surface area contributed by atoms with Gasteiger partial charge in [-0.05, 0) is 29.8 Å². The largest absolute Gasteiger partial charge is 0.493 e. The fourth-order valence-corrected chi connectivity index (χ4v) is 2.72. The first-order valence-electron chi connectivity index (χ1n) is 8.00. The van der Waals surface area contributed by atoms with Gasteiger partial charge < -0.3 is 14.5 Å². The number of hydrogen-bond acceptors (Lipinski definition) is 7. The Labute approximate surface area is 158 Å². The van der Waals surface area contributed by atoms with E-state index in [1.807, 2.05) is 6.07 Å². The number of nitriles is 1. The molecule has 1 aromatic heterocycles. The highest BCUT2D eigenvalue weighted by Crippen LogP contribution is 2.38. The number of allylic oxidation sites excluding steroid dienone is 1. The third kappa shape index (κ3) is 3.39. The average molecular weight is 378 g/mol. The van der Waals surface area contributed by atoms with Gasteiger partial charge in [0.2, 0.25) is 5.75 Å². The third-order valence-electron chi connectivity index (χ3n) is 3.98. The lowest BCUT2D eigenvalue weighted by molar-refractivity contribution is -0.385. The van der Waals surface area contributed by atoms with Crippen LogP contribution in [0.5, 0.6) is 11.5 Å². The SMILES string of the molecule is COc1cc(/C=C(/C#N)c2nc3ccccc3c(=O)[nH]2)cc([N+](=O)[O-])c1OC. The zero-order chi connectivity index (χ0) is 20.3. The second kappa shape index (κ2) is 7.59. The number of ether oxygens (including phenoxy) is 2. The quantitative estimate of drug-likeness (QED) is 0.410. The van der Waals surface area contributed by atoms with Gasteiger partial charge in [-0.3, -0.25) is 14.9 Å². The van der Waals surface area contributed by atoms with Crippen molar-refractivity contribution in [2.24, 2.45) is 0 Å². The molecule has 9 nitrogen and oxygen atoms in total. The van der Waals surface area contributed by atoms with E-state index in [2.05, 4.69) is 9.97 Å². The van der Waals surface area contributed by atoms with E-state index in [1.165, 1.54) is 32.4 Å². The Balaban J connectivity index is 2.19. The maximum Gasteiger partial charge on any atom is 0.315 e. The number of aromatic nitrogens is 2. The topological polar surface area (TPSA) is 131 Å². The number of fused-ring (bicyclic) bond motifs is 1. The van der Waals surface area contributed by atoms with E-state index in [1.54, 1.807) is 24.3 Å². The summed E-state index contributed by atoms with van der Waals surface area (Å²) in [5.41, 5.74) is 0.0761. The van der Waals surface area contributed by atoms with E-state index in [-0.39, 0.29) is 34.1 Å². The minimum absolute atomic E-state index is 0.0274. The van der Waals surface area contributed by atoms with Gasteiger partial charge in [0.05, 0.1) is 35.6 Å². The molecular weight excluding hydrogens is 364 g/mol. The summed E-state index contributed by atoms with van der Waals surface area (Å²) in [6.45, 7) is 0. The zero-order valence-electron chi connectivity index (χ0n) is 14.9. The van der Waals surface area contributed by atoms with Crippen LogP contribution >= 0.6 is 0 Å². The zero-order valence-corrected chi connectivity index (χ0v) is 14.9. The Morgan fingerprint density at radius 3 is 2.68 bits per heavy atom. The number of rotatable bonds is 5. The summed E-state index contributed by atoms with van der Waals surface area (Å²) in [5, 5.41) is 21.3. The fraction of sp³-hybridized carbons (Fsp3) is 0.105. The number of methoxy groups -OCH3 is 2. The fourth-order valence-electron chi connectivity index (χ4n) is 2.72. The van der Waals surface area contributed by atoms with Gasteiger partial charge in [0, 0.05) is 6.07 Å². The van der Waals surface area contributed by atoms with Crippen LogP contribution in [-0.2, 0) is 0 Å². The van der Waals surface area contributed by atoms with Crippen molar-refractivity contribution in [2.75, 3.05) is 14.2 Å². The molecule has 2 aromatic carbocycles. The molecule has 28 heavy (non-hydrogen) atoms. The van der Waals surface area contributed by atoms with Gasteiger partial charge in [-0.25, -0.2) is 4.98 Å². The molecule has 0 amide bonds. The molecule has 0 unspecified atom stereocenters. The first kappa shape index (κ1) is 18.6. The monoisotopic (exact) mass is 378 g/mol. The summed E-state index contributed by atoms with van der Waals surface area (Å²) >= 11 is 0. The van der Waals surface area contributed by atoms with Gasteiger partial charge in [-0.15, -0.1) is 0 Å². The third-order valence-corrected chi connectivity index (χ3v) is 3.98. The van der Waals surface area contributed by atoms with Crippen LogP contribution in [0.25, 0.3) is 22.6 Å². The van der Waals surface area contributed by atoms with Crippen molar-refractivity contribution < 1.29 is 14.4 Å². The van der Waals surface area contributed by atoms with Gasteiger partial charge in [0.1, 0.15) is 6.07 Å². The molecule has 0 spiro atoms. The van der Waals surface area contributed by atoms with Gasteiger partial charge in [-0.2, -0.15) is 5.26 Å². The van der Waals surface area contributed by atoms with Crippen molar-refractivity contribution >= 4 is 28.2 Å². The van der Waals surface area contributed by atoms with Crippen LogP contribution in [0.15, 0.2) is 41.2 Å². The van der Waals surface area contributed by atoms with Crippen molar-refractivity contribution in [1.29, 1.82) is 5.26 Å². The number of nitro groups is 1. The first-order chi connectivity index (χ1) is 13.5. The summed E-state index contributed by atoms with van der Waals surface area (Å²) in [6.07, 6.45) is 1.38. The second-order valence-corrected chi connectivity index (χ2v) is 5.63. The molecule has 0 aliphatic heterocycles. The molecule has 3 aromatic rings. The lowest BCUT2D eigenvalue weighted by Crippen LogP contribution is -2.11. The standard InChI is InChI=1S/C19H14N4O5/c1-27-16-9-11(8-15(23(25)26)17(16)28-2)7-12(10-20)18-21-14-6-4-3-5-13(14)19(24)22-18/h3-9H,1-2H3,(H,21,22,24)/b12-7-. The normalized spacial score (nSPS) is 11.1. The summed E-state index contributed by atoms with van der Waals surface area (Å²) in [7, 11) is 2.65. The Kier molecular flexibility index (Phi) is 5.04. The molecule has 0 saturated heterocycles. The van der Waals surface area contributed by atoms with Crippen LogP contribution in [-0.4, -0.2) is 29.1 Å². The number of aromatic amines is 1. The molecule has 0 radical (unpaired) electrons. The number of nitro benzene ring substituents is 1. The summed E-state index contributed by atoms with van der Waals surface area (Å²) < 4.78 is 10.2. The molecule has 0 bridgehead atoms. The number of H-pyrrole nitrogens is 1. The summed E-state index contributed by atoms with van der Waals surface area (Å²) in [5.74, 6) is 0.171. The smallest absolute Gasteiger partial charge is 0.315 e. The summed E-state index contributed by atoms with van der Waals surface area (Å²) in [6, 6.07) is 11.4. The van der Waals surface area contributed by atoms with Crippen LogP contribution in [0.2, 0.25) is 0 Å². The van der Waals surface area contributed by atoms with E-state index < -0.39 is 4.92 Å². The number of benzene rings is 2. The molecule has 3 rings (SSSR count). The van der Waals surface area contributed by atoms with Crippen molar-refractivity contribution in [2.45, 2.75) is 0 Å². The number of para-hydroxylation sites is 1. The van der Waals surface area contributed by atoms with Gasteiger partial charge >= 0.3 is 5.69 Å². The Hall–Kier alpha value is -4.19. The Bertz CT molecular complexity index is 1210. The maximum absolute atomic E-state index is 12.2. The Morgan fingerprint density at radius 1 is 1.29 bits per heavy atom. The predicted molar refractivity (Wildman–Crippen MR) is 102 cm³/mol. The lowest BCUT2D eigenvalue weighted by Gasteiger charge is -2.09. The number of nitrogens with zero attached hydrogens (tertiary/aromatic N) is 3. The molecular formula is C19H14N4O5. The molecule has 0 aliphatic carbocycles. The van der Waals surface area contributed by atoms with Crippen molar-refractivity contribution in [1.82, 2.24) is 9.97 Å². The molecule has 140 valence electrons.